The number of aromatic nitrogens is 2. The monoisotopic (exact) mass is 474 g/mol. The second-order valence-electron chi connectivity index (χ2n) is 7.93. The van der Waals surface area contributed by atoms with Crippen molar-refractivity contribution in [2.45, 2.75) is 57.0 Å². The Balaban J connectivity index is 1.94. The minimum absolute atomic E-state index is 0.0343. The van der Waals surface area contributed by atoms with Crippen LogP contribution in [-0.4, -0.2) is 74.1 Å². The highest BCUT2D eigenvalue weighted by Gasteiger charge is 2.31. The maximum atomic E-state index is 12.7. The number of aliphatic hydroxyl groups is 1. The van der Waals surface area contributed by atoms with Gasteiger partial charge in [0.25, 0.3) is 0 Å². The third kappa shape index (κ3) is 7.98. The highest BCUT2D eigenvalue weighted by Crippen LogP contribution is 2.04. The lowest BCUT2D eigenvalue weighted by Gasteiger charge is -2.25. The Morgan fingerprint density at radius 3 is 2.24 bits per heavy atom. The van der Waals surface area contributed by atoms with Crippen molar-refractivity contribution in [1.82, 2.24) is 25.9 Å². The van der Waals surface area contributed by atoms with Gasteiger partial charge in [0.1, 0.15) is 18.1 Å². The minimum atomic E-state index is -1.37. The zero-order valence-electron chi connectivity index (χ0n) is 18.9. The highest BCUT2D eigenvalue weighted by molar-refractivity contribution is 5.94. The number of carbonyl (C=O) groups is 4. The largest absolute Gasteiger partial charge is 0.480 e. The third-order valence-electron chi connectivity index (χ3n) is 5.04. The first-order valence-corrected chi connectivity index (χ1v) is 10.7. The van der Waals surface area contributed by atoms with Crippen LogP contribution in [0.5, 0.6) is 0 Å². The van der Waals surface area contributed by atoms with Gasteiger partial charge in [0.15, 0.2) is 0 Å². The topological polar surface area (TPSA) is 200 Å². The molecule has 2 rings (SSSR count). The summed E-state index contributed by atoms with van der Waals surface area (Å²) in [5.74, 6) is -3.48. The van der Waals surface area contributed by atoms with Crippen molar-refractivity contribution in [3.05, 3.63) is 54.1 Å². The van der Waals surface area contributed by atoms with Gasteiger partial charge in [0, 0.05) is 18.3 Å². The Bertz CT molecular complexity index is 966. The lowest BCUT2D eigenvalue weighted by molar-refractivity contribution is -0.142. The van der Waals surface area contributed by atoms with Crippen molar-refractivity contribution in [2.24, 2.45) is 5.73 Å². The van der Waals surface area contributed by atoms with Crippen molar-refractivity contribution in [1.29, 1.82) is 0 Å². The molecular formula is C22H30N6O6. The predicted molar refractivity (Wildman–Crippen MR) is 121 cm³/mol. The Hall–Kier alpha value is -3.77. The Labute approximate surface area is 196 Å². The average Bonchev–Trinajstić information content (AvgIpc) is 3.30. The van der Waals surface area contributed by atoms with Crippen molar-refractivity contribution in [3.8, 4) is 0 Å². The first-order valence-electron chi connectivity index (χ1n) is 10.7. The summed E-state index contributed by atoms with van der Waals surface area (Å²) in [7, 11) is 0. The van der Waals surface area contributed by atoms with E-state index in [1.807, 2.05) is 30.3 Å². The van der Waals surface area contributed by atoms with Gasteiger partial charge in [-0.2, -0.15) is 0 Å². The van der Waals surface area contributed by atoms with Gasteiger partial charge in [-0.3, -0.25) is 14.4 Å². The molecule has 0 radical (unpaired) electrons. The smallest absolute Gasteiger partial charge is 0.326 e. The number of hydrogen-bond acceptors (Lipinski definition) is 7. The fourth-order valence-electron chi connectivity index (χ4n) is 3.11. The van der Waals surface area contributed by atoms with Gasteiger partial charge < -0.3 is 36.9 Å². The number of imidazole rings is 1. The number of nitrogens with zero attached hydrogens (tertiary/aromatic N) is 1. The number of amides is 3. The molecule has 0 saturated carbocycles. The van der Waals surface area contributed by atoms with E-state index in [1.165, 1.54) is 26.4 Å². The SMILES string of the molecule is CC(NC(=O)C(NC(=O)C(N)Cc1ccccc1)C(C)O)C(=O)NC(Cc1cnc[nH]1)C(=O)O. The van der Waals surface area contributed by atoms with E-state index >= 15 is 0 Å². The number of rotatable bonds is 12. The number of hydrogen-bond donors (Lipinski definition) is 7. The molecule has 0 fully saturated rings. The molecule has 34 heavy (non-hydrogen) atoms. The lowest BCUT2D eigenvalue weighted by atomic mass is 10.0. The maximum Gasteiger partial charge on any atom is 0.326 e. The number of aromatic amines is 1. The standard InChI is InChI=1S/C22H30N6O6/c1-12(19(30)27-17(22(33)34)9-15-10-24-11-25-15)26-21(32)18(13(2)29)28-20(31)16(23)8-14-6-4-3-5-7-14/h3-7,10-13,16-18,29H,8-9,23H2,1-2H3,(H,24,25)(H,26,32)(H,27,30)(H,28,31)(H,33,34). The number of benzene rings is 1. The average molecular weight is 475 g/mol. The molecule has 8 N–H and O–H groups in total. The van der Waals surface area contributed by atoms with Crippen LogP contribution < -0.4 is 21.7 Å². The highest BCUT2D eigenvalue weighted by atomic mass is 16.4. The van der Waals surface area contributed by atoms with Crippen LogP contribution in [0.25, 0.3) is 0 Å². The zero-order valence-corrected chi connectivity index (χ0v) is 18.9. The molecule has 1 aromatic carbocycles. The van der Waals surface area contributed by atoms with Crippen molar-refractivity contribution < 1.29 is 29.4 Å². The summed E-state index contributed by atoms with van der Waals surface area (Å²) in [4.78, 5) is 55.6. The number of nitrogens with one attached hydrogen (secondary N) is 4. The van der Waals surface area contributed by atoms with E-state index in [9.17, 15) is 29.4 Å². The fourth-order valence-corrected chi connectivity index (χ4v) is 3.11. The molecule has 12 nitrogen and oxygen atoms in total. The van der Waals surface area contributed by atoms with Crippen LogP contribution in [-0.2, 0) is 32.0 Å². The molecule has 0 aliphatic rings. The molecule has 0 saturated heterocycles. The van der Waals surface area contributed by atoms with Gasteiger partial charge in [-0.1, -0.05) is 30.3 Å². The predicted octanol–water partition coefficient (Wildman–Crippen LogP) is -1.54. The van der Waals surface area contributed by atoms with E-state index in [-0.39, 0.29) is 12.8 Å². The van der Waals surface area contributed by atoms with E-state index in [0.29, 0.717) is 5.69 Å². The van der Waals surface area contributed by atoms with E-state index in [2.05, 4.69) is 25.9 Å². The van der Waals surface area contributed by atoms with Crippen molar-refractivity contribution in [3.63, 3.8) is 0 Å². The molecule has 3 amide bonds. The molecule has 5 unspecified atom stereocenters. The van der Waals surface area contributed by atoms with Crippen LogP contribution in [0, 0.1) is 0 Å². The molecule has 184 valence electrons. The molecule has 5 atom stereocenters. The summed E-state index contributed by atoms with van der Waals surface area (Å²) in [6.45, 7) is 2.66. The maximum absolute atomic E-state index is 12.7. The van der Waals surface area contributed by atoms with Crippen LogP contribution >= 0.6 is 0 Å². The molecule has 12 heteroatoms. The first-order chi connectivity index (χ1) is 16.1. The van der Waals surface area contributed by atoms with E-state index < -0.39 is 54.0 Å². The summed E-state index contributed by atoms with van der Waals surface area (Å²) in [6.07, 6.45) is 1.73. The summed E-state index contributed by atoms with van der Waals surface area (Å²) >= 11 is 0. The van der Waals surface area contributed by atoms with Gasteiger partial charge in [-0.05, 0) is 25.8 Å². The minimum Gasteiger partial charge on any atom is -0.480 e. The van der Waals surface area contributed by atoms with Crippen LogP contribution in [0.3, 0.4) is 0 Å². The second kappa shape index (κ2) is 12.5. The molecule has 1 heterocycles. The summed E-state index contributed by atoms with van der Waals surface area (Å²) in [5.41, 5.74) is 7.27. The fraction of sp³-hybridized carbons (Fsp3) is 0.409. The van der Waals surface area contributed by atoms with Crippen LogP contribution in [0.1, 0.15) is 25.1 Å². The zero-order chi connectivity index (χ0) is 25.3. The van der Waals surface area contributed by atoms with Crippen LogP contribution in [0.2, 0.25) is 0 Å². The van der Waals surface area contributed by atoms with Crippen molar-refractivity contribution >= 4 is 23.7 Å². The second-order valence-corrected chi connectivity index (χ2v) is 7.93. The molecule has 2 aromatic rings. The number of H-pyrrole nitrogens is 1. The van der Waals surface area contributed by atoms with Gasteiger partial charge in [0.05, 0.1) is 18.5 Å². The molecule has 1 aromatic heterocycles. The Morgan fingerprint density at radius 1 is 1.00 bits per heavy atom. The summed E-state index contributed by atoms with van der Waals surface area (Å²) < 4.78 is 0. The van der Waals surface area contributed by atoms with E-state index in [0.717, 1.165) is 5.56 Å². The van der Waals surface area contributed by atoms with Gasteiger partial charge >= 0.3 is 5.97 Å². The normalized spacial score (nSPS) is 15.3. The van der Waals surface area contributed by atoms with E-state index in [1.54, 1.807) is 0 Å². The Morgan fingerprint density at radius 2 is 1.68 bits per heavy atom. The van der Waals surface area contributed by atoms with Gasteiger partial charge in [0.2, 0.25) is 17.7 Å². The number of nitrogens with two attached hydrogens (primary N) is 1. The number of aliphatic carboxylic acids is 1. The Kier molecular flexibility index (Phi) is 9.71. The third-order valence-corrected chi connectivity index (χ3v) is 5.04. The van der Waals surface area contributed by atoms with E-state index in [4.69, 9.17) is 5.73 Å². The quantitative estimate of drug-likeness (QED) is 0.192. The molecule has 0 aliphatic heterocycles. The molecule has 0 bridgehead atoms. The van der Waals surface area contributed by atoms with Crippen molar-refractivity contribution in [2.75, 3.05) is 0 Å². The molecular weight excluding hydrogens is 444 g/mol. The van der Waals surface area contributed by atoms with Gasteiger partial charge in [-0.15, -0.1) is 0 Å². The number of carboxylic acid groups (broad SMARTS) is 1. The molecule has 0 aliphatic carbocycles. The lowest BCUT2D eigenvalue weighted by Crippen LogP contribution is -2.59. The number of carbonyl (C=O) groups excluding carboxylic acids is 3. The van der Waals surface area contributed by atoms with Crippen LogP contribution in [0.15, 0.2) is 42.9 Å². The number of aliphatic hydroxyl groups excluding tert-OH is 1. The summed E-state index contributed by atoms with van der Waals surface area (Å²) in [5, 5.41) is 26.5. The molecule has 0 spiro atoms. The first kappa shape index (κ1) is 26.5. The van der Waals surface area contributed by atoms with Gasteiger partial charge in [-0.25, -0.2) is 9.78 Å². The number of carboxylic acids is 1. The van der Waals surface area contributed by atoms with Crippen LogP contribution in [0.4, 0.5) is 0 Å². The summed E-state index contributed by atoms with van der Waals surface area (Å²) in [6, 6.07) is 4.33.